The molecule has 0 bridgehead atoms. The number of esters is 2. The first kappa shape index (κ1) is 16.5. The molecule has 0 unspecified atom stereocenters. The molecule has 5 fully saturated rings. The monoisotopic (exact) mass is 378 g/mol. The Morgan fingerprint density at radius 3 is 2.59 bits per heavy atom. The molecule has 11 atom stereocenters. The van der Waals surface area contributed by atoms with Crippen LogP contribution >= 0.6 is 0 Å². The van der Waals surface area contributed by atoms with Crippen molar-refractivity contribution in [2.24, 2.45) is 22.7 Å². The first-order valence-corrected chi connectivity index (χ1v) is 9.49. The van der Waals surface area contributed by atoms with Gasteiger partial charge in [0.25, 0.3) is 0 Å². The summed E-state index contributed by atoms with van der Waals surface area (Å²) in [5.41, 5.74) is -1.96. The van der Waals surface area contributed by atoms with Gasteiger partial charge in [0.15, 0.2) is 5.60 Å². The summed E-state index contributed by atoms with van der Waals surface area (Å²) < 4.78 is 23.3. The fraction of sp³-hybridized carbons (Fsp3) is 0.789. The number of aliphatic hydroxyl groups excluding tert-OH is 2. The maximum Gasteiger partial charge on any atom is 0.331 e. The molecule has 1 spiro atoms. The molecular formula is C19H22O8. The molecule has 146 valence electrons. The van der Waals surface area contributed by atoms with Gasteiger partial charge in [0.05, 0.1) is 12.2 Å². The van der Waals surface area contributed by atoms with Gasteiger partial charge < -0.3 is 29.2 Å². The van der Waals surface area contributed by atoms with Crippen LogP contribution in [0.15, 0.2) is 11.6 Å². The molecule has 8 nitrogen and oxygen atoms in total. The number of cyclic esters (lactones) is 1. The van der Waals surface area contributed by atoms with E-state index in [1.54, 1.807) is 13.8 Å². The van der Waals surface area contributed by atoms with Crippen molar-refractivity contribution in [3.63, 3.8) is 0 Å². The number of aliphatic hydroxyl groups is 2. The molecule has 4 aliphatic heterocycles. The third-order valence-electron chi connectivity index (χ3n) is 8.07. The van der Waals surface area contributed by atoms with Gasteiger partial charge in [-0.2, -0.15) is 0 Å². The van der Waals surface area contributed by atoms with Crippen molar-refractivity contribution < 1.29 is 38.7 Å². The Hall–Kier alpha value is -1.48. The highest BCUT2D eigenvalue weighted by Gasteiger charge is 2.88. The number of epoxide rings is 2. The minimum Gasteiger partial charge on any atom is -0.459 e. The lowest BCUT2D eigenvalue weighted by Crippen LogP contribution is -2.65. The van der Waals surface area contributed by atoms with E-state index >= 15 is 0 Å². The van der Waals surface area contributed by atoms with Crippen LogP contribution in [0.3, 0.4) is 0 Å². The fourth-order valence-electron chi connectivity index (χ4n) is 6.75. The van der Waals surface area contributed by atoms with Crippen LogP contribution in [0, 0.1) is 22.7 Å². The number of ether oxygens (including phenoxy) is 4. The minimum atomic E-state index is -1.12. The van der Waals surface area contributed by atoms with E-state index in [2.05, 4.69) is 0 Å². The maximum atomic E-state index is 12.8. The zero-order chi connectivity index (χ0) is 19.1. The van der Waals surface area contributed by atoms with Crippen LogP contribution in [0.25, 0.3) is 0 Å². The molecule has 2 N–H and O–H groups in total. The van der Waals surface area contributed by atoms with E-state index in [0.717, 1.165) is 5.57 Å². The third kappa shape index (κ3) is 1.48. The van der Waals surface area contributed by atoms with Crippen molar-refractivity contribution in [1.29, 1.82) is 0 Å². The van der Waals surface area contributed by atoms with Gasteiger partial charge in [0.1, 0.15) is 29.8 Å². The Morgan fingerprint density at radius 1 is 1.15 bits per heavy atom. The van der Waals surface area contributed by atoms with E-state index in [1.807, 2.05) is 6.92 Å². The van der Waals surface area contributed by atoms with Crippen LogP contribution < -0.4 is 0 Å². The van der Waals surface area contributed by atoms with Gasteiger partial charge in [-0.25, -0.2) is 4.79 Å². The maximum absolute atomic E-state index is 12.8. The first-order chi connectivity index (χ1) is 12.7. The van der Waals surface area contributed by atoms with Crippen LogP contribution in [0.4, 0.5) is 0 Å². The largest absolute Gasteiger partial charge is 0.459 e. The number of rotatable bonds is 2. The van der Waals surface area contributed by atoms with Gasteiger partial charge in [-0.1, -0.05) is 13.8 Å². The van der Waals surface area contributed by atoms with Crippen molar-refractivity contribution in [2.45, 2.75) is 63.0 Å². The molecule has 27 heavy (non-hydrogen) atoms. The van der Waals surface area contributed by atoms with Crippen molar-refractivity contribution >= 4 is 11.9 Å². The van der Waals surface area contributed by atoms with Crippen molar-refractivity contribution in [1.82, 2.24) is 0 Å². The van der Waals surface area contributed by atoms with Crippen LogP contribution in [0.5, 0.6) is 0 Å². The van der Waals surface area contributed by atoms with E-state index in [4.69, 9.17) is 18.9 Å². The average molecular weight is 378 g/mol. The third-order valence-corrected chi connectivity index (χ3v) is 8.07. The predicted molar refractivity (Wildman–Crippen MR) is 86.1 cm³/mol. The SMILES string of the molecule is C[C@H](CO)[C@H]1OC(=O)C=C2[C@]3(C)[C@H]4[C@H](OC(=O)[C@@]4(C)[C@@H](O)[C@H]4O[C@H]43)[C@H]3O[C@@]231. The summed E-state index contributed by atoms with van der Waals surface area (Å²) in [5, 5.41) is 20.5. The number of carbonyl (C=O) groups is 2. The topological polar surface area (TPSA) is 118 Å². The second kappa shape index (κ2) is 4.40. The molecule has 6 rings (SSSR count). The highest BCUT2D eigenvalue weighted by atomic mass is 16.7. The lowest BCUT2D eigenvalue weighted by Gasteiger charge is -2.53. The number of fused-ring (bicyclic) bond motifs is 4. The quantitative estimate of drug-likeness (QED) is 0.479. The van der Waals surface area contributed by atoms with Gasteiger partial charge in [-0.15, -0.1) is 0 Å². The van der Waals surface area contributed by atoms with E-state index in [-0.39, 0.29) is 24.5 Å². The highest BCUT2D eigenvalue weighted by Crippen LogP contribution is 2.75. The van der Waals surface area contributed by atoms with Crippen LogP contribution in [-0.2, 0) is 28.5 Å². The fourth-order valence-corrected chi connectivity index (χ4v) is 6.75. The predicted octanol–water partition coefficient (Wildman–Crippen LogP) is -0.686. The molecule has 2 saturated carbocycles. The van der Waals surface area contributed by atoms with E-state index < -0.39 is 58.9 Å². The summed E-state index contributed by atoms with van der Waals surface area (Å²) in [5.74, 6) is -1.63. The molecule has 0 aromatic heterocycles. The van der Waals surface area contributed by atoms with Gasteiger partial charge in [-0.3, -0.25) is 4.79 Å². The average Bonchev–Trinajstić information content (AvgIpc) is 3.53. The molecule has 0 amide bonds. The summed E-state index contributed by atoms with van der Waals surface area (Å²) in [4.78, 5) is 25.3. The molecule has 8 heteroatoms. The summed E-state index contributed by atoms with van der Waals surface area (Å²) in [7, 11) is 0. The Bertz CT molecular complexity index is 823. The number of carbonyl (C=O) groups excluding carboxylic acids is 2. The molecule has 0 radical (unpaired) electrons. The minimum absolute atomic E-state index is 0.160. The molecule has 3 saturated heterocycles. The van der Waals surface area contributed by atoms with E-state index in [1.165, 1.54) is 6.08 Å². The Labute approximate surface area is 155 Å². The zero-order valence-electron chi connectivity index (χ0n) is 15.2. The van der Waals surface area contributed by atoms with Crippen molar-refractivity contribution in [3.05, 3.63) is 11.6 Å². The van der Waals surface area contributed by atoms with Crippen molar-refractivity contribution in [3.8, 4) is 0 Å². The zero-order valence-corrected chi connectivity index (χ0v) is 15.2. The first-order valence-electron chi connectivity index (χ1n) is 9.49. The van der Waals surface area contributed by atoms with E-state index in [9.17, 15) is 19.8 Å². The molecule has 2 aliphatic carbocycles. The lowest BCUT2D eigenvalue weighted by atomic mass is 9.46. The summed E-state index contributed by atoms with van der Waals surface area (Å²) >= 11 is 0. The van der Waals surface area contributed by atoms with E-state index in [0.29, 0.717) is 0 Å². The summed E-state index contributed by atoms with van der Waals surface area (Å²) in [6, 6.07) is 0. The smallest absolute Gasteiger partial charge is 0.331 e. The van der Waals surface area contributed by atoms with Crippen molar-refractivity contribution in [2.75, 3.05) is 6.61 Å². The van der Waals surface area contributed by atoms with Crippen LogP contribution in [0.1, 0.15) is 20.8 Å². The lowest BCUT2D eigenvalue weighted by molar-refractivity contribution is -0.156. The summed E-state index contributed by atoms with van der Waals surface area (Å²) in [6.07, 6.45) is -1.93. The molecule has 0 aromatic carbocycles. The Balaban J connectivity index is 1.58. The second-order valence-electron chi connectivity index (χ2n) is 9.29. The normalized spacial score (nSPS) is 60.0. The molecule has 0 aromatic rings. The second-order valence-corrected chi connectivity index (χ2v) is 9.29. The van der Waals surface area contributed by atoms with Gasteiger partial charge >= 0.3 is 11.9 Å². The van der Waals surface area contributed by atoms with Crippen LogP contribution in [-0.4, -0.2) is 71.0 Å². The molecule has 4 heterocycles. The summed E-state index contributed by atoms with van der Waals surface area (Å²) in [6.45, 7) is 5.35. The van der Waals surface area contributed by atoms with Gasteiger partial charge in [0.2, 0.25) is 0 Å². The van der Waals surface area contributed by atoms with Gasteiger partial charge in [-0.05, 0) is 12.5 Å². The Morgan fingerprint density at radius 2 is 1.89 bits per heavy atom. The highest BCUT2D eigenvalue weighted by molar-refractivity contribution is 5.87. The standard InChI is InChI=1S/C19H22O8/c1-6(5-20)13-19-7(4-8(21)24-13)17(2)11-9(15(19)27-19)26-16(23)18(11,3)12(22)10-14(17)25-10/h4,6,9-15,20,22H,5H2,1-3H3/t6-,9+,10-,11-,12+,13-,14-,15-,17-,18-,19-/m1/s1. The van der Waals surface area contributed by atoms with Gasteiger partial charge in [0, 0.05) is 29.9 Å². The number of hydrogen-bond donors (Lipinski definition) is 2. The van der Waals surface area contributed by atoms with Crippen LogP contribution in [0.2, 0.25) is 0 Å². The molecular weight excluding hydrogens is 356 g/mol. The molecule has 6 aliphatic rings. The Kier molecular flexibility index (Phi) is 2.68. The number of hydrogen-bond acceptors (Lipinski definition) is 8.